The van der Waals surface area contributed by atoms with Gasteiger partial charge < -0.3 is 10.2 Å². The van der Waals surface area contributed by atoms with Crippen LogP contribution in [0.4, 0.5) is 0 Å². The van der Waals surface area contributed by atoms with Crippen molar-refractivity contribution in [2.75, 3.05) is 6.61 Å². The molecule has 2 N–H and O–H groups in total. The van der Waals surface area contributed by atoms with Crippen molar-refractivity contribution in [2.45, 2.75) is 25.7 Å². The minimum Gasteiger partial charge on any atom is -0.508 e. The largest absolute Gasteiger partial charge is 0.508 e. The van der Waals surface area contributed by atoms with Crippen LogP contribution >= 0.6 is 0 Å². The monoisotopic (exact) mass is 230 g/mol. The summed E-state index contributed by atoms with van der Waals surface area (Å²) < 4.78 is 0. The van der Waals surface area contributed by atoms with E-state index in [2.05, 4.69) is 25.1 Å². The van der Waals surface area contributed by atoms with E-state index in [1.54, 1.807) is 12.1 Å². The highest BCUT2D eigenvalue weighted by Gasteiger charge is 2.09. The van der Waals surface area contributed by atoms with Gasteiger partial charge in [-0.15, -0.1) is 0 Å². The van der Waals surface area contributed by atoms with Crippen molar-refractivity contribution >= 4 is 10.8 Å². The van der Waals surface area contributed by atoms with E-state index in [1.807, 2.05) is 6.07 Å². The molecule has 0 bridgehead atoms. The fraction of sp³-hybridized carbons (Fsp3) is 0.333. The molecular formula is C15H18O2. The van der Waals surface area contributed by atoms with Gasteiger partial charge in [0.05, 0.1) is 0 Å². The zero-order valence-corrected chi connectivity index (χ0v) is 10.1. The minimum atomic E-state index is 0.219. The molecule has 0 radical (unpaired) electrons. The van der Waals surface area contributed by atoms with Gasteiger partial charge in [-0.1, -0.05) is 31.2 Å². The summed E-state index contributed by atoms with van der Waals surface area (Å²) in [7, 11) is 0. The zero-order chi connectivity index (χ0) is 12.3. The first-order chi connectivity index (χ1) is 8.24. The molecule has 0 heterocycles. The van der Waals surface area contributed by atoms with Crippen molar-refractivity contribution in [3.63, 3.8) is 0 Å². The lowest BCUT2D eigenvalue weighted by Crippen LogP contribution is -2.00. The molecule has 90 valence electrons. The number of aromatic hydroxyl groups is 1. The van der Waals surface area contributed by atoms with Crippen molar-refractivity contribution < 1.29 is 10.2 Å². The molecule has 0 fully saturated rings. The lowest BCUT2D eigenvalue weighted by atomic mass is 9.92. The molecule has 0 spiro atoms. The van der Waals surface area contributed by atoms with Crippen LogP contribution in [0.5, 0.6) is 5.75 Å². The van der Waals surface area contributed by atoms with E-state index in [1.165, 1.54) is 5.56 Å². The van der Waals surface area contributed by atoms with Gasteiger partial charge in [-0.3, -0.25) is 0 Å². The number of aliphatic hydroxyl groups excluding tert-OH is 1. The topological polar surface area (TPSA) is 40.5 Å². The Morgan fingerprint density at radius 1 is 1.06 bits per heavy atom. The highest BCUT2D eigenvalue weighted by molar-refractivity contribution is 5.84. The van der Waals surface area contributed by atoms with Crippen LogP contribution in [0.15, 0.2) is 36.4 Å². The van der Waals surface area contributed by atoms with Gasteiger partial charge in [0.25, 0.3) is 0 Å². The summed E-state index contributed by atoms with van der Waals surface area (Å²) in [4.78, 5) is 0. The zero-order valence-electron chi connectivity index (χ0n) is 10.1. The molecule has 2 aromatic carbocycles. The van der Waals surface area contributed by atoms with Gasteiger partial charge in [0.1, 0.15) is 5.75 Å². The normalized spacial score (nSPS) is 12.8. The van der Waals surface area contributed by atoms with Gasteiger partial charge in [-0.2, -0.15) is 0 Å². The summed E-state index contributed by atoms with van der Waals surface area (Å²) in [6.07, 6.45) is 1.81. The lowest BCUT2D eigenvalue weighted by Gasteiger charge is -2.14. The molecule has 0 amide bonds. The minimum absolute atomic E-state index is 0.219. The standard InChI is InChI=1S/C15H18O2/c1-2-11(7-8-16)13-4-3-12-5-6-15(17)10-14(12)9-13/h3-6,9-11,16-17H,2,7-8H2,1H3. The Balaban J connectivity index is 2.41. The molecule has 2 rings (SSSR count). The first-order valence-corrected chi connectivity index (χ1v) is 6.08. The fourth-order valence-corrected chi connectivity index (χ4v) is 2.27. The maximum absolute atomic E-state index is 9.48. The Hall–Kier alpha value is -1.54. The highest BCUT2D eigenvalue weighted by Crippen LogP contribution is 2.28. The molecule has 0 saturated heterocycles. The predicted molar refractivity (Wildman–Crippen MR) is 70.3 cm³/mol. The number of hydrogen-bond acceptors (Lipinski definition) is 2. The maximum Gasteiger partial charge on any atom is 0.116 e. The second kappa shape index (κ2) is 5.19. The Labute approximate surface area is 102 Å². The first-order valence-electron chi connectivity index (χ1n) is 6.08. The summed E-state index contributed by atoms with van der Waals surface area (Å²) in [6, 6.07) is 11.7. The summed E-state index contributed by atoms with van der Waals surface area (Å²) in [5, 5.41) is 20.7. The molecule has 1 atom stereocenters. The number of fused-ring (bicyclic) bond motifs is 1. The molecule has 0 aromatic heterocycles. The van der Waals surface area contributed by atoms with Crippen LogP contribution in [0, 0.1) is 0 Å². The summed E-state index contributed by atoms with van der Waals surface area (Å²) >= 11 is 0. The van der Waals surface area contributed by atoms with E-state index in [0.717, 1.165) is 23.6 Å². The third-order valence-corrected chi connectivity index (χ3v) is 3.29. The molecule has 2 aromatic rings. The van der Waals surface area contributed by atoms with E-state index < -0.39 is 0 Å². The number of aliphatic hydroxyl groups is 1. The molecule has 0 aliphatic carbocycles. The fourth-order valence-electron chi connectivity index (χ4n) is 2.27. The van der Waals surface area contributed by atoms with Gasteiger partial charge in [0.2, 0.25) is 0 Å². The van der Waals surface area contributed by atoms with Crippen LogP contribution in [0.25, 0.3) is 10.8 Å². The van der Waals surface area contributed by atoms with Crippen molar-refractivity contribution in [2.24, 2.45) is 0 Å². The summed E-state index contributed by atoms with van der Waals surface area (Å²) in [5.74, 6) is 0.691. The number of benzene rings is 2. The van der Waals surface area contributed by atoms with E-state index in [-0.39, 0.29) is 6.61 Å². The second-order valence-corrected chi connectivity index (χ2v) is 4.41. The molecule has 1 unspecified atom stereocenters. The highest BCUT2D eigenvalue weighted by atomic mass is 16.3. The van der Waals surface area contributed by atoms with Gasteiger partial charge in [-0.05, 0) is 47.2 Å². The van der Waals surface area contributed by atoms with Crippen molar-refractivity contribution in [1.82, 2.24) is 0 Å². The van der Waals surface area contributed by atoms with Crippen LogP contribution in [-0.2, 0) is 0 Å². The Bertz CT molecular complexity index is 505. The van der Waals surface area contributed by atoms with Crippen molar-refractivity contribution in [1.29, 1.82) is 0 Å². The molecule has 2 heteroatoms. The second-order valence-electron chi connectivity index (χ2n) is 4.41. The van der Waals surface area contributed by atoms with E-state index in [4.69, 9.17) is 5.11 Å². The van der Waals surface area contributed by atoms with Crippen LogP contribution < -0.4 is 0 Å². The van der Waals surface area contributed by atoms with E-state index in [9.17, 15) is 5.11 Å². The van der Waals surface area contributed by atoms with Gasteiger partial charge in [0, 0.05) is 6.61 Å². The number of hydrogen-bond donors (Lipinski definition) is 2. The van der Waals surface area contributed by atoms with Crippen molar-refractivity contribution in [3.8, 4) is 5.75 Å². The first kappa shape index (κ1) is 11.9. The quantitative estimate of drug-likeness (QED) is 0.844. The van der Waals surface area contributed by atoms with E-state index in [0.29, 0.717) is 11.7 Å². The smallest absolute Gasteiger partial charge is 0.116 e. The SMILES string of the molecule is CCC(CCO)c1ccc2ccc(O)cc2c1. The molecule has 0 aliphatic rings. The molecular weight excluding hydrogens is 212 g/mol. The Morgan fingerprint density at radius 3 is 2.53 bits per heavy atom. The van der Waals surface area contributed by atoms with Gasteiger partial charge in [-0.25, -0.2) is 0 Å². The third-order valence-electron chi connectivity index (χ3n) is 3.29. The lowest BCUT2D eigenvalue weighted by molar-refractivity contribution is 0.274. The number of phenolic OH excluding ortho intramolecular Hbond substituents is 1. The van der Waals surface area contributed by atoms with Gasteiger partial charge >= 0.3 is 0 Å². The third kappa shape index (κ3) is 2.59. The van der Waals surface area contributed by atoms with Gasteiger partial charge in [0.15, 0.2) is 0 Å². The molecule has 0 saturated carbocycles. The van der Waals surface area contributed by atoms with E-state index >= 15 is 0 Å². The van der Waals surface area contributed by atoms with Crippen LogP contribution in [0.2, 0.25) is 0 Å². The molecule has 0 aliphatic heterocycles. The van der Waals surface area contributed by atoms with Crippen LogP contribution in [0.3, 0.4) is 0 Å². The predicted octanol–water partition coefficient (Wildman–Crippen LogP) is 3.42. The van der Waals surface area contributed by atoms with Crippen LogP contribution in [-0.4, -0.2) is 16.8 Å². The average Bonchev–Trinajstić information content (AvgIpc) is 2.35. The molecule has 2 nitrogen and oxygen atoms in total. The van der Waals surface area contributed by atoms with Crippen molar-refractivity contribution in [3.05, 3.63) is 42.0 Å². The molecule has 17 heavy (non-hydrogen) atoms. The summed E-state index contributed by atoms with van der Waals surface area (Å²) in [5.41, 5.74) is 1.24. The summed E-state index contributed by atoms with van der Waals surface area (Å²) in [6.45, 7) is 2.35. The number of rotatable bonds is 4. The Kier molecular flexibility index (Phi) is 3.64. The number of phenols is 1. The average molecular weight is 230 g/mol. The Morgan fingerprint density at radius 2 is 1.82 bits per heavy atom. The van der Waals surface area contributed by atoms with Crippen LogP contribution in [0.1, 0.15) is 31.2 Å². The maximum atomic E-state index is 9.48.